The number of nitrogens with two attached hydrogens (primary N) is 1. The van der Waals surface area contributed by atoms with Gasteiger partial charge in [0.1, 0.15) is 11.6 Å². The molecule has 2 aromatic carbocycles. The Balaban J connectivity index is 1.91. The van der Waals surface area contributed by atoms with Gasteiger partial charge in [0.2, 0.25) is 5.91 Å². The standard InChI is InChI=1S/C22H24N4O3/c1-14-10-21(28)25-22(24-14)17-7-5-16(6-8-17)18-11-15(4-9-19(18)29-3)12-26(2)13-20(23)27/h4-11H,12-13H2,1-3H3,(H2,23,27)(H,24,25,28). The molecule has 0 aliphatic rings. The highest BCUT2D eigenvalue weighted by atomic mass is 16.5. The summed E-state index contributed by atoms with van der Waals surface area (Å²) in [4.78, 5) is 31.8. The molecular weight excluding hydrogens is 368 g/mol. The molecule has 0 spiro atoms. The zero-order chi connectivity index (χ0) is 21.0. The van der Waals surface area contributed by atoms with E-state index in [4.69, 9.17) is 10.5 Å². The number of benzene rings is 2. The van der Waals surface area contributed by atoms with Crippen LogP contribution in [0.1, 0.15) is 11.3 Å². The Hall–Kier alpha value is -3.45. The maximum atomic E-state index is 11.7. The van der Waals surface area contributed by atoms with Gasteiger partial charge < -0.3 is 15.5 Å². The van der Waals surface area contributed by atoms with Crippen LogP contribution in [-0.4, -0.2) is 41.5 Å². The zero-order valence-electron chi connectivity index (χ0n) is 16.7. The minimum Gasteiger partial charge on any atom is -0.496 e. The van der Waals surface area contributed by atoms with E-state index in [9.17, 15) is 9.59 Å². The number of carbonyl (C=O) groups excluding carboxylic acids is 1. The third-order valence-electron chi connectivity index (χ3n) is 4.48. The summed E-state index contributed by atoms with van der Waals surface area (Å²) in [5.74, 6) is 0.927. The van der Waals surface area contributed by atoms with Crippen LogP contribution in [-0.2, 0) is 11.3 Å². The molecule has 0 saturated carbocycles. The Labute approximate surface area is 169 Å². The zero-order valence-corrected chi connectivity index (χ0v) is 16.7. The summed E-state index contributed by atoms with van der Waals surface area (Å²) < 4.78 is 5.52. The van der Waals surface area contributed by atoms with Gasteiger partial charge in [-0.2, -0.15) is 0 Å². The average molecular weight is 392 g/mol. The monoisotopic (exact) mass is 392 g/mol. The molecule has 1 heterocycles. The molecule has 0 radical (unpaired) electrons. The molecule has 1 amide bonds. The van der Waals surface area contributed by atoms with Gasteiger partial charge in [-0.3, -0.25) is 14.5 Å². The molecule has 0 atom stereocenters. The number of hydrogen-bond donors (Lipinski definition) is 2. The summed E-state index contributed by atoms with van der Waals surface area (Å²) >= 11 is 0. The first-order chi connectivity index (χ1) is 13.9. The Morgan fingerprint density at radius 1 is 1.14 bits per heavy atom. The van der Waals surface area contributed by atoms with Crippen molar-refractivity contribution >= 4 is 5.91 Å². The van der Waals surface area contributed by atoms with E-state index in [0.717, 1.165) is 28.0 Å². The highest BCUT2D eigenvalue weighted by molar-refractivity contribution is 5.76. The van der Waals surface area contributed by atoms with E-state index in [2.05, 4.69) is 9.97 Å². The smallest absolute Gasteiger partial charge is 0.251 e. The molecule has 0 aliphatic heterocycles. The first-order valence-corrected chi connectivity index (χ1v) is 9.18. The van der Waals surface area contributed by atoms with Crippen LogP contribution in [0.25, 0.3) is 22.5 Å². The minimum atomic E-state index is -0.361. The van der Waals surface area contributed by atoms with Gasteiger partial charge in [-0.15, -0.1) is 0 Å². The number of H-pyrrole nitrogens is 1. The summed E-state index contributed by atoms with van der Waals surface area (Å²) in [6.07, 6.45) is 0. The van der Waals surface area contributed by atoms with Crippen LogP contribution >= 0.6 is 0 Å². The van der Waals surface area contributed by atoms with Gasteiger partial charge in [-0.05, 0) is 37.2 Å². The maximum absolute atomic E-state index is 11.7. The van der Waals surface area contributed by atoms with Crippen molar-refractivity contribution in [3.63, 3.8) is 0 Å². The molecule has 150 valence electrons. The molecule has 7 heteroatoms. The van der Waals surface area contributed by atoms with Crippen molar-refractivity contribution in [2.45, 2.75) is 13.5 Å². The predicted molar refractivity (Wildman–Crippen MR) is 113 cm³/mol. The van der Waals surface area contributed by atoms with Crippen LogP contribution in [0.3, 0.4) is 0 Å². The fourth-order valence-corrected chi connectivity index (χ4v) is 3.24. The van der Waals surface area contributed by atoms with Crippen molar-refractivity contribution in [1.29, 1.82) is 0 Å². The summed E-state index contributed by atoms with van der Waals surface area (Å²) in [6.45, 7) is 2.57. The van der Waals surface area contributed by atoms with Crippen molar-refractivity contribution < 1.29 is 9.53 Å². The number of carbonyl (C=O) groups is 1. The van der Waals surface area contributed by atoms with Gasteiger partial charge in [0.25, 0.3) is 5.56 Å². The van der Waals surface area contributed by atoms with Crippen LogP contribution in [0.2, 0.25) is 0 Å². The minimum absolute atomic E-state index is 0.175. The maximum Gasteiger partial charge on any atom is 0.251 e. The summed E-state index contributed by atoms with van der Waals surface area (Å²) in [5, 5.41) is 0. The van der Waals surface area contributed by atoms with E-state index in [1.165, 1.54) is 6.07 Å². The lowest BCUT2D eigenvalue weighted by Gasteiger charge is -2.17. The SMILES string of the molecule is COc1ccc(CN(C)CC(N)=O)cc1-c1ccc(-c2nc(C)cc(=O)[nH]2)cc1. The summed E-state index contributed by atoms with van der Waals surface area (Å²) in [6, 6.07) is 15.1. The van der Waals surface area contributed by atoms with E-state index < -0.39 is 0 Å². The number of ether oxygens (including phenoxy) is 1. The highest BCUT2D eigenvalue weighted by Gasteiger charge is 2.11. The second kappa shape index (κ2) is 8.70. The summed E-state index contributed by atoms with van der Waals surface area (Å²) in [7, 11) is 3.48. The lowest BCUT2D eigenvalue weighted by molar-refractivity contribution is -0.118. The van der Waals surface area contributed by atoms with E-state index in [-0.39, 0.29) is 18.0 Å². The number of aryl methyl sites for hydroxylation is 1. The number of aromatic amines is 1. The molecule has 0 fully saturated rings. The van der Waals surface area contributed by atoms with Gasteiger partial charge in [-0.1, -0.05) is 30.3 Å². The number of hydrogen-bond acceptors (Lipinski definition) is 5. The molecule has 0 unspecified atom stereocenters. The number of amides is 1. The number of primary amides is 1. The number of nitrogens with one attached hydrogen (secondary N) is 1. The topological polar surface area (TPSA) is 101 Å². The molecular formula is C22H24N4O3. The lowest BCUT2D eigenvalue weighted by Crippen LogP contribution is -2.30. The third kappa shape index (κ3) is 5.08. The molecule has 3 N–H and O–H groups in total. The number of aromatic nitrogens is 2. The van der Waals surface area contributed by atoms with Crippen LogP contribution in [0.15, 0.2) is 53.3 Å². The largest absolute Gasteiger partial charge is 0.496 e. The van der Waals surface area contributed by atoms with Crippen LogP contribution in [0.4, 0.5) is 0 Å². The number of rotatable bonds is 7. The van der Waals surface area contributed by atoms with E-state index in [0.29, 0.717) is 18.1 Å². The molecule has 1 aromatic heterocycles. The first-order valence-electron chi connectivity index (χ1n) is 9.18. The molecule has 0 saturated heterocycles. The fraction of sp³-hybridized carbons (Fsp3) is 0.227. The molecule has 7 nitrogen and oxygen atoms in total. The average Bonchev–Trinajstić information content (AvgIpc) is 2.66. The predicted octanol–water partition coefficient (Wildman–Crippen LogP) is 2.34. The van der Waals surface area contributed by atoms with Gasteiger partial charge in [0.15, 0.2) is 0 Å². The van der Waals surface area contributed by atoms with Gasteiger partial charge in [-0.25, -0.2) is 4.98 Å². The summed E-state index contributed by atoms with van der Waals surface area (Å²) in [5.41, 5.74) is 9.54. The van der Waals surface area contributed by atoms with Crippen molar-refractivity contribution in [2.24, 2.45) is 5.73 Å². The van der Waals surface area contributed by atoms with Crippen LogP contribution in [0, 0.1) is 6.92 Å². The Morgan fingerprint density at radius 3 is 2.45 bits per heavy atom. The quantitative estimate of drug-likeness (QED) is 0.643. The number of likely N-dealkylation sites (N-methyl/N-ethyl adjacent to an activating group) is 1. The van der Waals surface area contributed by atoms with Gasteiger partial charge in [0, 0.05) is 29.4 Å². The molecule has 0 aliphatic carbocycles. The van der Waals surface area contributed by atoms with Gasteiger partial charge in [0.05, 0.1) is 13.7 Å². The molecule has 0 bridgehead atoms. The third-order valence-corrected chi connectivity index (χ3v) is 4.48. The van der Waals surface area contributed by atoms with Crippen LogP contribution < -0.4 is 16.0 Å². The second-order valence-corrected chi connectivity index (χ2v) is 6.99. The van der Waals surface area contributed by atoms with E-state index in [1.54, 1.807) is 14.0 Å². The van der Waals surface area contributed by atoms with Crippen molar-refractivity contribution in [1.82, 2.24) is 14.9 Å². The fourth-order valence-electron chi connectivity index (χ4n) is 3.24. The highest BCUT2D eigenvalue weighted by Crippen LogP contribution is 2.32. The van der Waals surface area contributed by atoms with Crippen molar-refractivity contribution in [2.75, 3.05) is 20.7 Å². The Morgan fingerprint density at radius 2 is 1.83 bits per heavy atom. The first kappa shape index (κ1) is 20.3. The Kier molecular flexibility index (Phi) is 6.09. The lowest BCUT2D eigenvalue weighted by atomic mass is 10.00. The van der Waals surface area contributed by atoms with E-state index in [1.807, 2.05) is 54.4 Å². The van der Waals surface area contributed by atoms with Gasteiger partial charge >= 0.3 is 0 Å². The van der Waals surface area contributed by atoms with Crippen LogP contribution in [0.5, 0.6) is 5.75 Å². The molecule has 3 aromatic rings. The van der Waals surface area contributed by atoms with E-state index >= 15 is 0 Å². The Bertz CT molecular complexity index is 1070. The van der Waals surface area contributed by atoms with Crippen molar-refractivity contribution in [3.05, 3.63) is 70.1 Å². The second-order valence-electron chi connectivity index (χ2n) is 6.99. The van der Waals surface area contributed by atoms with Crippen molar-refractivity contribution in [3.8, 4) is 28.3 Å². The molecule has 3 rings (SSSR count). The number of nitrogens with zero attached hydrogens (tertiary/aromatic N) is 2. The number of methoxy groups -OCH3 is 1. The molecule has 29 heavy (non-hydrogen) atoms. The normalized spacial score (nSPS) is 10.9.